The van der Waals surface area contributed by atoms with Crippen molar-refractivity contribution in [1.82, 2.24) is 30.1 Å². The first-order valence-corrected chi connectivity index (χ1v) is 10.2. The van der Waals surface area contributed by atoms with Crippen molar-refractivity contribution >= 4 is 22.1 Å². The van der Waals surface area contributed by atoms with Crippen LogP contribution in [0.4, 0.5) is 4.39 Å². The smallest absolute Gasteiger partial charge is 0.161 e. The molecule has 2 aromatic carbocycles. The largest absolute Gasteiger partial charge is 0.336 e. The number of rotatable bonds is 3. The van der Waals surface area contributed by atoms with Gasteiger partial charge in [-0.1, -0.05) is 24.3 Å². The zero-order valence-corrected chi connectivity index (χ0v) is 17.1. The van der Waals surface area contributed by atoms with Crippen LogP contribution in [0.25, 0.3) is 56.0 Å². The number of hydrogen-bond acceptors (Lipinski definition) is 4. The molecule has 6 aromatic rings. The van der Waals surface area contributed by atoms with Gasteiger partial charge in [0.05, 0.1) is 22.2 Å². The van der Waals surface area contributed by atoms with Crippen molar-refractivity contribution in [2.24, 2.45) is 0 Å². The predicted molar refractivity (Wildman–Crippen MR) is 122 cm³/mol. The number of aryl methyl sites for hydroxylation is 1. The number of aromatic amines is 2. The van der Waals surface area contributed by atoms with Crippen molar-refractivity contribution in [2.75, 3.05) is 0 Å². The van der Waals surface area contributed by atoms with E-state index in [1.807, 2.05) is 55.6 Å². The van der Waals surface area contributed by atoms with Crippen LogP contribution in [-0.4, -0.2) is 30.1 Å². The zero-order valence-electron chi connectivity index (χ0n) is 17.1. The molecule has 0 radical (unpaired) electrons. The van der Waals surface area contributed by atoms with Crippen LogP contribution in [0.15, 0.2) is 73.1 Å². The molecule has 7 heteroatoms. The molecule has 0 aliphatic rings. The van der Waals surface area contributed by atoms with Crippen LogP contribution in [-0.2, 0) is 0 Å². The van der Waals surface area contributed by atoms with Gasteiger partial charge >= 0.3 is 0 Å². The van der Waals surface area contributed by atoms with Crippen molar-refractivity contribution in [2.45, 2.75) is 6.92 Å². The molecule has 154 valence electrons. The third-order valence-corrected chi connectivity index (χ3v) is 5.45. The van der Waals surface area contributed by atoms with Gasteiger partial charge < -0.3 is 4.98 Å². The Kier molecular flexibility index (Phi) is 4.07. The number of nitrogens with zero attached hydrogens (tertiary/aromatic N) is 4. The van der Waals surface area contributed by atoms with Gasteiger partial charge in [-0.25, -0.2) is 14.4 Å². The fraction of sp³-hybridized carbons (Fsp3) is 0.0400. The van der Waals surface area contributed by atoms with Gasteiger partial charge in [-0.05, 0) is 54.4 Å². The molecule has 0 atom stereocenters. The van der Waals surface area contributed by atoms with Crippen molar-refractivity contribution in [3.63, 3.8) is 0 Å². The summed E-state index contributed by atoms with van der Waals surface area (Å²) in [5.74, 6) is 0.318. The summed E-state index contributed by atoms with van der Waals surface area (Å²) < 4.78 is 13.8. The van der Waals surface area contributed by atoms with E-state index in [0.29, 0.717) is 11.5 Å². The van der Waals surface area contributed by atoms with E-state index < -0.39 is 0 Å². The van der Waals surface area contributed by atoms with Gasteiger partial charge in [0.25, 0.3) is 0 Å². The van der Waals surface area contributed by atoms with Crippen LogP contribution >= 0.6 is 0 Å². The number of hydrogen-bond donors (Lipinski definition) is 2. The number of aromatic nitrogens is 6. The summed E-state index contributed by atoms with van der Waals surface area (Å²) in [5, 5.41) is 7.51. The second-order valence-electron chi connectivity index (χ2n) is 7.71. The highest BCUT2D eigenvalue weighted by atomic mass is 19.1. The van der Waals surface area contributed by atoms with Crippen molar-refractivity contribution in [1.29, 1.82) is 0 Å². The molecule has 6 nitrogen and oxygen atoms in total. The maximum Gasteiger partial charge on any atom is 0.161 e. The molecule has 0 aliphatic carbocycles. The fourth-order valence-electron chi connectivity index (χ4n) is 3.95. The topological polar surface area (TPSA) is 83.1 Å². The van der Waals surface area contributed by atoms with Gasteiger partial charge in [0, 0.05) is 23.5 Å². The normalized spacial score (nSPS) is 11.4. The molecule has 4 heterocycles. The first-order valence-electron chi connectivity index (χ1n) is 10.2. The highest BCUT2D eigenvalue weighted by Gasteiger charge is 2.17. The Balaban J connectivity index is 1.51. The second-order valence-corrected chi connectivity index (χ2v) is 7.71. The number of para-hydroxylation sites is 1. The van der Waals surface area contributed by atoms with Crippen LogP contribution in [0.1, 0.15) is 5.56 Å². The van der Waals surface area contributed by atoms with E-state index in [9.17, 15) is 4.39 Å². The van der Waals surface area contributed by atoms with Gasteiger partial charge in [-0.3, -0.25) is 10.1 Å². The lowest BCUT2D eigenvalue weighted by atomic mass is 10.0. The van der Waals surface area contributed by atoms with Gasteiger partial charge in [0.2, 0.25) is 0 Å². The molecule has 0 aliphatic heterocycles. The van der Waals surface area contributed by atoms with E-state index in [1.54, 1.807) is 12.3 Å². The molecule has 0 fully saturated rings. The van der Waals surface area contributed by atoms with Crippen LogP contribution in [0, 0.1) is 12.7 Å². The Labute approximate surface area is 182 Å². The molecule has 0 saturated carbocycles. The summed E-state index contributed by atoms with van der Waals surface area (Å²) in [5.41, 5.74) is 8.20. The minimum absolute atomic E-state index is 0.282. The lowest BCUT2D eigenvalue weighted by Gasteiger charge is -2.02. The molecule has 32 heavy (non-hydrogen) atoms. The summed E-state index contributed by atoms with van der Waals surface area (Å²) in [6, 6.07) is 18.3. The van der Waals surface area contributed by atoms with Gasteiger partial charge in [-0.15, -0.1) is 0 Å². The molecular formula is C25H17FN6. The standard InChI is InChI=1S/C25H17FN6/c1-14-10-16(13-27-12-14)19-8-9-21-23(28-19)24(32-31-21)25-29-20-7-3-6-18(22(20)30-25)15-4-2-5-17(26)11-15/h2-13H,1H3,(H,29,30)(H,31,32). The lowest BCUT2D eigenvalue weighted by molar-refractivity contribution is 0.628. The number of H-pyrrole nitrogens is 2. The maximum atomic E-state index is 13.8. The Bertz CT molecular complexity index is 1610. The van der Waals surface area contributed by atoms with E-state index in [0.717, 1.165) is 50.0 Å². The number of nitrogens with one attached hydrogen (secondary N) is 2. The Hall–Kier alpha value is -4.39. The molecule has 0 spiro atoms. The first-order chi connectivity index (χ1) is 15.7. The van der Waals surface area contributed by atoms with Crippen molar-refractivity contribution < 1.29 is 4.39 Å². The zero-order chi connectivity index (χ0) is 21.7. The molecule has 0 unspecified atom stereocenters. The number of imidazole rings is 1. The van der Waals surface area contributed by atoms with E-state index in [-0.39, 0.29) is 5.82 Å². The Morgan fingerprint density at radius 2 is 1.72 bits per heavy atom. The quantitative estimate of drug-likeness (QED) is 0.386. The van der Waals surface area contributed by atoms with Crippen LogP contribution in [0.2, 0.25) is 0 Å². The van der Waals surface area contributed by atoms with E-state index in [1.165, 1.54) is 12.1 Å². The van der Waals surface area contributed by atoms with Crippen LogP contribution in [0.3, 0.4) is 0 Å². The van der Waals surface area contributed by atoms with E-state index in [2.05, 4.69) is 20.2 Å². The molecule has 0 saturated heterocycles. The van der Waals surface area contributed by atoms with Gasteiger partial charge in [-0.2, -0.15) is 5.10 Å². The minimum atomic E-state index is -0.282. The molecule has 2 N–H and O–H groups in total. The summed E-state index contributed by atoms with van der Waals surface area (Å²) >= 11 is 0. The van der Waals surface area contributed by atoms with Gasteiger partial charge in [0.1, 0.15) is 11.3 Å². The van der Waals surface area contributed by atoms with Crippen molar-refractivity contribution in [3.8, 4) is 33.9 Å². The highest BCUT2D eigenvalue weighted by molar-refractivity contribution is 5.96. The average molecular weight is 420 g/mol. The minimum Gasteiger partial charge on any atom is -0.336 e. The molecule has 0 bridgehead atoms. The molecule has 0 amide bonds. The third kappa shape index (κ3) is 3.02. The summed E-state index contributed by atoms with van der Waals surface area (Å²) in [6.45, 7) is 2.00. The summed E-state index contributed by atoms with van der Waals surface area (Å²) in [6.07, 6.45) is 3.61. The van der Waals surface area contributed by atoms with Gasteiger partial charge in [0.15, 0.2) is 11.5 Å². The van der Waals surface area contributed by atoms with E-state index in [4.69, 9.17) is 9.97 Å². The average Bonchev–Trinajstić information content (AvgIpc) is 3.42. The highest BCUT2D eigenvalue weighted by Crippen LogP contribution is 2.32. The number of benzene rings is 2. The second kappa shape index (κ2) is 7.09. The van der Waals surface area contributed by atoms with E-state index >= 15 is 0 Å². The van der Waals surface area contributed by atoms with Crippen LogP contribution < -0.4 is 0 Å². The Morgan fingerprint density at radius 3 is 2.59 bits per heavy atom. The predicted octanol–water partition coefficient (Wildman–Crippen LogP) is 5.68. The monoisotopic (exact) mass is 420 g/mol. The first kappa shape index (κ1) is 18.4. The number of fused-ring (bicyclic) bond motifs is 2. The number of halogens is 1. The molecular weight excluding hydrogens is 403 g/mol. The maximum absolute atomic E-state index is 13.8. The SMILES string of the molecule is Cc1cncc(-c2ccc3[nH]nc(-c4nc5c(-c6cccc(F)c6)cccc5[nH]4)c3n2)c1. The van der Waals surface area contributed by atoms with Crippen molar-refractivity contribution in [3.05, 3.63) is 84.4 Å². The fourth-order valence-corrected chi connectivity index (χ4v) is 3.95. The van der Waals surface area contributed by atoms with Crippen LogP contribution in [0.5, 0.6) is 0 Å². The third-order valence-electron chi connectivity index (χ3n) is 5.45. The molecule has 4 aromatic heterocycles. The Morgan fingerprint density at radius 1 is 0.812 bits per heavy atom. The number of pyridine rings is 2. The lowest BCUT2D eigenvalue weighted by Crippen LogP contribution is -1.88. The summed E-state index contributed by atoms with van der Waals surface area (Å²) in [4.78, 5) is 17.3. The molecule has 6 rings (SSSR count). The summed E-state index contributed by atoms with van der Waals surface area (Å²) in [7, 11) is 0.